The smallest absolute Gasteiger partial charge is 0.371 e. The van der Waals surface area contributed by atoms with E-state index in [1.807, 2.05) is 6.07 Å². The number of hydrogen-bond donors (Lipinski definition) is 1. The van der Waals surface area contributed by atoms with Crippen molar-refractivity contribution < 1.29 is 22.2 Å². The van der Waals surface area contributed by atoms with E-state index >= 15 is 0 Å². The third kappa shape index (κ3) is 4.31. The number of carbonyl (C=O) groups is 2. The lowest BCUT2D eigenvalue weighted by Crippen LogP contribution is -2.59. The summed E-state index contributed by atoms with van der Waals surface area (Å²) in [5, 5.41) is 5.00. The van der Waals surface area contributed by atoms with Crippen LogP contribution in [0.25, 0.3) is 0 Å². The van der Waals surface area contributed by atoms with Crippen LogP contribution in [0.1, 0.15) is 82.3 Å². The Kier molecular flexibility index (Phi) is 6.38. The molecule has 4 rings (SSSR count). The SMILES string of the molecule is CCCCCCN1C(=O)C[C@H]2[C@@H]3CCc4cc(OS(N)(=O)=O)ccc4[C@H]3CC[C@]2(C)C1=O. The molecule has 0 bridgehead atoms. The molecule has 1 aromatic carbocycles. The van der Waals surface area contributed by atoms with Crippen LogP contribution in [-0.2, 0) is 26.3 Å². The Hall–Kier alpha value is -1.93. The van der Waals surface area contributed by atoms with E-state index in [1.165, 1.54) is 5.56 Å². The number of carbonyl (C=O) groups excluding carboxylic acids is 2. The van der Waals surface area contributed by atoms with Crippen LogP contribution in [0.3, 0.4) is 0 Å². The van der Waals surface area contributed by atoms with Crippen molar-refractivity contribution >= 4 is 22.1 Å². The molecular weight excluding hydrogens is 428 g/mol. The molecule has 0 unspecified atom stereocenters. The Balaban J connectivity index is 1.53. The van der Waals surface area contributed by atoms with Gasteiger partial charge in [-0.15, -0.1) is 0 Å². The van der Waals surface area contributed by atoms with E-state index in [2.05, 4.69) is 13.8 Å². The highest BCUT2D eigenvalue weighted by Crippen LogP contribution is 2.58. The molecule has 3 aliphatic rings. The van der Waals surface area contributed by atoms with E-state index in [1.54, 1.807) is 17.0 Å². The van der Waals surface area contributed by atoms with Gasteiger partial charge in [-0.2, -0.15) is 13.6 Å². The molecule has 0 radical (unpaired) electrons. The topological polar surface area (TPSA) is 107 Å². The van der Waals surface area contributed by atoms with Crippen molar-refractivity contribution in [3.8, 4) is 5.75 Å². The van der Waals surface area contributed by atoms with Gasteiger partial charge in [-0.3, -0.25) is 14.5 Å². The maximum Gasteiger partial charge on any atom is 0.380 e. The van der Waals surface area contributed by atoms with E-state index in [9.17, 15) is 18.0 Å². The van der Waals surface area contributed by atoms with Crippen molar-refractivity contribution in [1.29, 1.82) is 0 Å². The standard InChI is InChI=1S/C24H34N2O5S/c1-3-4-5-6-13-26-22(27)15-21-20-9-7-16-14-17(31-32(25,29)30)8-10-18(16)19(20)11-12-24(21,2)23(26)28/h8,10,14,19-21H,3-7,9,11-13,15H2,1-2H3,(H2,25,29,30)/t19-,20-,21+,24+/m1/s1. The second-order valence-electron chi connectivity index (χ2n) is 9.92. The van der Waals surface area contributed by atoms with E-state index in [0.717, 1.165) is 56.9 Å². The van der Waals surface area contributed by atoms with Crippen LogP contribution in [0, 0.1) is 17.3 Å². The third-order valence-electron chi connectivity index (χ3n) is 7.96. The first-order valence-corrected chi connectivity index (χ1v) is 13.3. The van der Waals surface area contributed by atoms with Crippen molar-refractivity contribution in [2.45, 2.75) is 77.6 Å². The minimum atomic E-state index is -4.06. The van der Waals surface area contributed by atoms with E-state index in [4.69, 9.17) is 9.32 Å². The van der Waals surface area contributed by atoms with Crippen LogP contribution in [-0.4, -0.2) is 31.7 Å². The zero-order valence-electron chi connectivity index (χ0n) is 19.0. The van der Waals surface area contributed by atoms with Gasteiger partial charge in [0.05, 0.1) is 5.41 Å². The van der Waals surface area contributed by atoms with Crippen LogP contribution in [0.15, 0.2) is 18.2 Å². The first kappa shape index (κ1) is 23.2. The van der Waals surface area contributed by atoms with E-state index in [0.29, 0.717) is 13.0 Å². The molecule has 7 nitrogen and oxygen atoms in total. The minimum absolute atomic E-state index is 0.0164. The van der Waals surface area contributed by atoms with Gasteiger partial charge in [-0.25, -0.2) is 0 Å². The Morgan fingerprint density at radius 3 is 2.69 bits per heavy atom. The van der Waals surface area contributed by atoms with Gasteiger partial charge in [0, 0.05) is 13.0 Å². The zero-order valence-corrected chi connectivity index (χ0v) is 19.8. The largest absolute Gasteiger partial charge is 0.380 e. The molecule has 2 fully saturated rings. The highest BCUT2D eigenvalue weighted by molar-refractivity contribution is 7.84. The number of nitrogens with two attached hydrogens (primary N) is 1. The highest BCUT2D eigenvalue weighted by atomic mass is 32.2. The lowest BCUT2D eigenvalue weighted by atomic mass is 9.52. The maximum atomic E-state index is 13.5. The number of benzene rings is 1. The zero-order chi connectivity index (χ0) is 23.1. The second kappa shape index (κ2) is 8.78. The molecule has 0 spiro atoms. The fraction of sp³-hybridized carbons (Fsp3) is 0.667. The number of fused-ring (bicyclic) bond motifs is 5. The van der Waals surface area contributed by atoms with E-state index < -0.39 is 15.7 Å². The monoisotopic (exact) mass is 462 g/mol. The molecule has 2 N–H and O–H groups in total. The van der Waals surface area contributed by atoms with Crippen LogP contribution in [0.2, 0.25) is 0 Å². The third-order valence-corrected chi connectivity index (χ3v) is 8.39. The normalized spacial score (nSPS) is 29.8. The number of imide groups is 1. The number of amides is 2. The van der Waals surface area contributed by atoms with Crippen molar-refractivity contribution in [2.24, 2.45) is 22.4 Å². The number of aryl methyl sites for hydroxylation is 1. The molecule has 2 amide bonds. The fourth-order valence-corrected chi connectivity index (χ4v) is 6.72. The molecule has 0 aromatic heterocycles. The van der Waals surface area contributed by atoms with Crippen molar-refractivity contribution in [3.63, 3.8) is 0 Å². The summed E-state index contributed by atoms with van der Waals surface area (Å²) in [5.41, 5.74) is 1.78. The van der Waals surface area contributed by atoms with Crippen LogP contribution < -0.4 is 9.32 Å². The number of likely N-dealkylation sites (tertiary alicyclic amines) is 1. The van der Waals surface area contributed by atoms with Crippen LogP contribution in [0.4, 0.5) is 0 Å². The second-order valence-corrected chi connectivity index (χ2v) is 11.1. The summed E-state index contributed by atoms with van der Waals surface area (Å²) in [4.78, 5) is 28.0. The Bertz CT molecular complexity index is 1010. The molecule has 4 atom stereocenters. The fourth-order valence-electron chi connectivity index (χ4n) is 6.35. The number of piperidine rings is 1. The maximum absolute atomic E-state index is 13.5. The minimum Gasteiger partial charge on any atom is -0.371 e. The summed E-state index contributed by atoms with van der Waals surface area (Å²) in [6, 6.07) is 5.34. The lowest BCUT2D eigenvalue weighted by molar-refractivity contribution is -0.167. The quantitative estimate of drug-likeness (QED) is 0.491. The Labute approximate surface area is 190 Å². The first-order valence-electron chi connectivity index (χ1n) is 11.8. The van der Waals surface area contributed by atoms with Crippen molar-refractivity contribution in [1.82, 2.24) is 4.90 Å². The molecule has 2 aliphatic carbocycles. The molecule has 1 aliphatic heterocycles. The van der Waals surface area contributed by atoms with Gasteiger partial charge < -0.3 is 4.18 Å². The molecule has 1 saturated heterocycles. The molecule has 8 heteroatoms. The summed E-state index contributed by atoms with van der Waals surface area (Å²) in [5.74, 6) is 0.848. The molecule has 1 saturated carbocycles. The summed E-state index contributed by atoms with van der Waals surface area (Å²) in [6.07, 6.45) is 7.95. The predicted octanol–water partition coefficient (Wildman–Crippen LogP) is 3.67. The van der Waals surface area contributed by atoms with Crippen molar-refractivity contribution in [3.05, 3.63) is 29.3 Å². The number of rotatable bonds is 7. The van der Waals surface area contributed by atoms with Crippen molar-refractivity contribution in [2.75, 3.05) is 6.54 Å². The molecule has 1 aromatic rings. The number of unbranched alkanes of at least 4 members (excludes halogenated alkanes) is 3. The number of hydrogen-bond acceptors (Lipinski definition) is 5. The van der Waals surface area contributed by atoms with Gasteiger partial charge in [0.2, 0.25) is 11.8 Å². The van der Waals surface area contributed by atoms with Crippen LogP contribution >= 0.6 is 0 Å². The lowest BCUT2D eigenvalue weighted by Gasteiger charge is -2.54. The molecule has 1 heterocycles. The Morgan fingerprint density at radius 2 is 1.97 bits per heavy atom. The van der Waals surface area contributed by atoms with E-state index in [-0.39, 0.29) is 35.3 Å². The van der Waals surface area contributed by atoms with Gasteiger partial charge in [0.25, 0.3) is 0 Å². The molecule has 176 valence electrons. The molecular formula is C24H34N2O5S. The van der Waals surface area contributed by atoms with Gasteiger partial charge in [-0.05, 0) is 73.1 Å². The highest BCUT2D eigenvalue weighted by Gasteiger charge is 2.57. The Morgan fingerprint density at radius 1 is 1.19 bits per heavy atom. The van der Waals surface area contributed by atoms with Crippen LogP contribution in [0.5, 0.6) is 5.75 Å². The first-order chi connectivity index (χ1) is 15.1. The van der Waals surface area contributed by atoms with Gasteiger partial charge in [0.1, 0.15) is 5.75 Å². The average Bonchev–Trinajstić information content (AvgIpc) is 2.73. The summed E-state index contributed by atoms with van der Waals surface area (Å²) in [7, 11) is -4.06. The van der Waals surface area contributed by atoms with Gasteiger partial charge >= 0.3 is 10.3 Å². The summed E-state index contributed by atoms with van der Waals surface area (Å²) in [6.45, 7) is 4.77. The predicted molar refractivity (Wildman–Crippen MR) is 121 cm³/mol. The number of nitrogens with zero attached hydrogens (tertiary/aromatic N) is 1. The summed E-state index contributed by atoms with van der Waals surface area (Å²) < 4.78 is 27.4. The van der Waals surface area contributed by atoms with Gasteiger partial charge in [0.15, 0.2) is 0 Å². The summed E-state index contributed by atoms with van der Waals surface area (Å²) >= 11 is 0. The molecule has 32 heavy (non-hydrogen) atoms. The average molecular weight is 463 g/mol. The van der Waals surface area contributed by atoms with Gasteiger partial charge in [-0.1, -0.05) is 39.2 Å².